The third kappa shape index (κ3) is 7.06. The minimum absolute atomic E-state index is 0.0724. The van der Waals surface area contributed by atoms with Crippen LogP contribution in [0.2, 0.25) is 0 Å². The number of carbonyl (C=O) groups is 1. The number of hydrogen-bond acceptors (Lipinski definition) is 2. The first-order valence-corrected chi connectivity index (χ1v) is 9.45. The van der Waals surface area contributed by atoms with Gasteiger partial charge in [-0.15, -0.1) is 6.42 Å². The van der Waals surface area contributed by atoms with E-state index in [1.165, 1.54) is 5.56 Å². The molecule has 3 unspecified atom stereocenters. The number of benzene rings is 1. The standard InChI is InChI=1S/C16H25NO2.C7H8/c1-6-10-19-14-9-8-13(5)16(14)17(11-12(3)4)15(18)7-2;1-7-5-3-2-4-6-7/h1,8-9,12-14,16H,7,10-11H2,2-5H3;2-6H,1H3. The molecule has 0 saturated heterocycles. The second-order valence-electron chi connectivity index (χ2n) is 7.16. The molecule has 3 nitrogen and oxygen atoms in total. The van der Waals surface area contributed by atoms with Gasteiger partial charge in [-0.1, -0.05) is 81.7 Å². The molecule has 1 aliphatic carbocycles. The molecule has 1 aromatic rings. The molecule has 0 N–H and O–H groups in total. The summed E-state index contributed by atoms with van der Waals surface area (Å²) in [5.41, 5.74) is 1.32. The van der Waals surface area contributed by atoms with Gasteiger partial charge in [-0.3, -0.25) is 4.79 Å². The number of nitrogens with zero attached hydrogens (tertiary/aromatic N) is 1. The average molecular weight is 356 g/mol. The Bertz CT molecular complexity index is 600. The number of terminal acetylenes is 1. The van der Waals surface area contributed by atoms with Gasteiger partial charge in [-0.05, 0) is 18.8 Å². The van der Waals surface area contributed by atoms with Crippen LogP contribution in [0.15, 0.2) is 42.5 Å². The molecular weight excluding hydrogens is 322 g/mol. The molecule has 0 radical (unpaired) electrons. The lowest BCUT2D eigenvalue weighted by atomic mass is 10.00. The molecule has 0 fully saturated rings. The van der Waals surface area contributed by atoms with E-state index in [-0.39, 0.29) is 24.7 Å². The van der Waals surface area contributed by atoms with Crippen LogP contribution in [0.3, 0.4) is 0 Å². The van der Waals surface area contributed by atoms with Gasteiger partial charge in [-0.25, -0.2) is 0 Å². The van der Waals surface area contributed by atoms with Crippen LogP contribution in [0, 0.1) is 31.1 Å². The summed E-state index contributed by atoms with van der Waals surface area (Å²) in [6.45, 7) is 11.4. The van der Waals surface area contributed by atoms with Crippen molar-refractivity contribution < 1.29 is 9.53 Å². The molecule has 3 heteroatoms. The molecule has 0 bridgehead atoms. The van der Waals surface area contributed by atoms with Crippen molar-refractivity contribution >= 4 is 5.91 Å². The Labute approximate surface area is 159 Å². The predicted octanol–water partition coefficient (Wildman–Crippen LogP) is 4.47. The lowest BCUT2D eigenvalue weighted by Gasteiger charge is -2.36. The van der Waals surface area contributed by atoms with Gasteiger partial charge >= 0.3 is 0 Å². The smallest absolute Gasteiger partial charge is 0.222 e. The fourth-order valence-corrected chi connectivity index (χ4v) is 3.09. The topological polar surface area (TPSA) is 29.5 Å². The SMILES string of the molecule is C#CCOC1C=CC(C)C1N(CC(C)C)C(=O)CC.Cc1ccccc1. The van der Waals surface area contributed by atoms with Crippen molar-refractivity contribution in [3.8, 4) is 12.3 Å². The van der Waals surface area contributed by atoms with E-state index in [0.717, 1.165) is 6.54 Å². The molecule has 3 atom stereocenters. The van der Waals surface area contributed by atoms with Crippen LogP contribution in [-0.4, -0.2) is 36.1 Å². The van der Waals surface area contributed by atoms with Gasteiger partial charge in [-0.2, -0.15) is 0 Å². The fraction of sp³-hybridized carbons (Fsp3) is 0.522. The summed E-state index contributed by atoms with van der Waals surface area (Å²) in [7, 11) is 0. The molecule has 142 valence electrons. The first kappa shape index (κ1) is 22.0. The van der Waals surface area contributed by atoms with E-state index < -0.39 is 0 Å². The normalized spacial score (nSPS) is 21.0. The van der Waals surface area contributed by atoms with Crippen LogP contribution in [0.1, 0.15) is 39.7 Å². The molecule has 1 amide bonds. The van der Waals surface area contributed by atoms with Crippen LogP contribution in [0.5, 0.6) is 0 Å². The highest BCUT2D eigenvalue weighted by Gasteiger charge is 2.36. The molecule has 26 heavy (non-hydrogen) atoms. The Hall–Kier alpha value is -2.05. The van der Waals surface area contributed by atoms with Crippen molar-refractivity contribution in [3.63, 3.8) is 0 Å². The van der Waals surface area contributed by atoms with Crippen molar-refractivity contribution in [3.05, 3.63) is 48.0 Å². The third-order valence-corrected chi connectivity index (χ3v) is 4.32. The average Bonchev–Trinajstić information content (AvgIpc) is 2.98. The van der Waals surface area contributed by atoms with Gasteiger partial charge in [0.25, 0.3) is 0 Å². The summed E-state index contributed by atoms with van der Waals surface area (Å²) < 4.78 is 5.68. The quantitative estimate of drug-likeness (QED) is 0.557. The van der Waals surface area contributed by atoms with Crippen LogP contribution < -0.4 is 0 Å². The molecule has 0 aromatic heterocycles. The predicted molar refractivity (Wildman–Crippen MR) is 109 cm³/mol. The van der Waals surface area contributed by atoms with Crippen LogP contribution in [-0.2, 0) is 9.53 Å². The first-order valence-electron chi connectivity index (χ1n) is 9.45. The zero-order valence-corrected chi connectivity index (χ0v) is 16.8. The Balaban J connectivity index is 0.000000401. The summed E-state index contributed by atoms with van der Waals surface area (Å²) in [6, 6.07) is 10.3. The number of rotatable bonds is 6. The summed E-state index contributed by atoms with van der Waals surface area (Å²) in [4.78, 5) is 14.2. The van der Waals surface area contributed by atoms with E-state index in [9.17, 15) is 4.79 Å². The largest absolute Gasteiger partial charge is 0.359 e. The van der Waals surface area contributed by atoms with Crippen molar-refractivity contribution in [2.75, 3.05) is 13.2 Å². The molecule has 1 aromatic carbocycles. The lowest BCUT2D eigenvalue weighted by Crippen LogP contribution is -2.49. The number of aryl methyl sites for hydroxylation is 1. The van der Waals surface area contributed by atoms with Crippen LogP contribution >= 0.6 is 0 Å². The van der Waals surface area contributed by atoms with Gasteiger partial charge in [0, 0.05) is 13.0 Å². The Morgan fingerprint density at radius 1 is 1.27 bits per heavy atom. The fourth-order valence-electron chi connectivity index (χ4n) is 3.09. The Morgan fingerprint density at radius 3 is 2.38 bits per heavy atom. The highest BCUT2D eigenvalue weighted by atomic mass is 16.5. The van der Waals surface area contributed by atoms with Gasteiger partial charge in [0.05, 0.1) is 12.1 Å². The first-order chi connectivity index (χ1) is 12.4. The maximum absolute atomic E-state index is 12.2. The maximum Gasteiger partial charge on any atom is 0.222 e. The monoisotopic (exact) mass is 355 g/mol. The molecule has 0 spiro atoms. The summed E-state index contributed by atoms with van der Waals surface area (Å²) in [5, 5.41) is 0. The number of hydrogen-bond donors (Lipinski definition) is 0. The second kappa shape index (κ2) is 11.5. The number of amides is 1. The van der Waals surface area contributed by atoms with Crippen molar-refractivity contribution in [2.24, 2.45) is 11.8 Å². The van der Waals surface area contributed by atoms with E-state index in [2.05, 4.69) is 51.8 Å². The van der Waals surface area contributed by atoms with E-state index in [1.54, 1.807) is 0 Å². The Kier molecular flexibility index (Phi) is 9.76. The summed E-state index contributed by atoms with van der Waals surface area (Å²) in [5.74, 6) is 3.42. The number of carbonyl (C=O) groups excluding carboxylic acids is 1. The van der Waals surface area contributed by atoms with E-state index in [0.29, 0.717) is 18.3 Å². The molecule has 0 aliphatic heterocycles. The van der Waals surface area contributed by atoms with Gasteiger partial charge in [0.1, 0.15) is 6.61 Å². The summed E-state index contributed by atoms with van der Waals surface area (Å²) in [6.07, 6.45) is 9.84. The highest BCUT2D eigenvalue weighted by Crippen LogP contribution is 2.27. The van der Waals surface area contributed by atoms with E-state index in [1.807, 2.05) is 36.1 Å². The van der Waals surface area contributed by atoms with Gasteiger partial charge in [0.2, 0.25) is 5.91 Å². The van der Waals surface area contributed by atoms with E-state index in [4.69, 9.17) is 11.2 Å². The summed E-state index contributed by atoms with van der Waals surface area (Å²) >= 11 is 0. The number of ether oxygens (including phenoxy) is 1. The zero-order chi connectivity index (χ0) is 19.5. The molecular formula is C23H33NO2. The van der Waals surface area contributed by atoms with Gasteiger partial charge < -0.3 is 9.64 Å². The minimum atomic E-state index is -0.0831. The highest BCUT2D eigenvalue weighted by molar-refractivity contribution is 5.76. The Morgan fingerprint density at radius 2 is 1.92 bits per heavy atom. The van der Waals surface area contributed by atoms with Crippen molar-refractivity contribution in [1.29, 1.82) is 0 Å². The third-order valence-electron chi connectivity index (χ3n) is 4.32. The minimum Gasteiger partial charge on any atom is -0.359 e. The lowest BCUT2D eigenvalue weighted by molar-refractivity contribution is -0.137. The van der Waals surface area contributed by atoms with Crippen LogP contribution in [0.25, 0.3) is 0 Å². The van der Waals surface area contributed by atoms with Gasteiger partial charge in [0.15, 0.2) is 0 Å². The van der Waals surface area contributed by atoms with E-state index >= 15 is 0 Å². The second-order valence-corrected chi connectivity index (χ2v) is 7.16. The van der Waals surface area contributed by atoms with Crippen molar-refractivity contribution in [2.45, 2.75) is 53.2 Å². The molecule has 2 rings (SSSR count). The maximum atomic E-state index is 12.2. The zero-order valence-electron chi connectivity index (χ0n) is 16.8. The molecule has 0 saturated carbocycles. The molecule has 0 heterocycles. The van der Waals surface area contributed by atoms with Crippen LogP contribution in [0.4, 0.5) is 0 Å². The molecule has 1 aliphatic rings. The van der Waals surface area contributed by atoms with Crippen molar-refractivity contribution in [1.82, 2.24) is 4.90 Å².